The predicted molar refractivity (Wildman–Crippen MR) is 94.9 cm³/mol. The van der Waals surface area contributed by atoms with Crippen molar-refractivity contribution in [3.63, 3.8) is 0 Å². The number of hydrogen-bond donors (Lipinski definition) is 1. The van der Waals surface area contributed by atoms with Crippen molar-refractivity contribution in [1.29, 1.82) is 5.26 Å². The number of carbonyl (C=O) groups excluding carboxylic acids is 1. The van der Waals surface area contributed by atoms with Gasteiger partial charge in [0, 0.05) is 45.5 Å². The lowest BCUT2D eigenvalue weighted by molar-refractivity contribution is -0.117. The molecule has 1 aromatic carbocycles. The van der Waals surface area contributed by atoms with Crippen LogP contribution in [0.4, 0.5) is 0 Å². The maximum Gasteiger partial charge on any atom is 0.263 e. The first-order valence-electron chi connectivity index (χ1n) is 8.63. The maximum atomic E-state index is 12.0. The van der Waals surface area contributed by atoms with Crippen LogP contribution in [-0.4, -0.2) is 48.4 Å². The third kappa shape index (κ3) is 5.71. The highest BCUT2D eigenvalue weighted by Crippen LogP contribution is 2.09. The van der Waals surface area contributed by atoms with E-state index in [1.54, 1.807) is 6.20 Å². The second kappa shape index (κ2) is 9.74. The van der Waals surface area contributed by atoms with Crippen molar-refractivity contribution >= 4 is 5.91 Å². The molecule has 1 fully saturated rings. The molecular weight excluding hydrogens is 300 g/mol. The number of nitrogens with zero attached hydrogens (tertiary/aromatic N) is 3. The summed E-state index contributed by atoms with van der Waals surface area (Å²) >= 11 is 0. The number of benzene rings is 1. The number of rotatable bonds is 7. The van der Waals surface area contributed by atoms with Crippen LogP contribution < -0.4 is 5.32 Å². The fourth-order valence-electron chi connectivity index (χ4n) is 2.69. The summed E-state index contributed by atoms with van der Waals surface area (Å²) in [5.74, 6) is -0.266. The van der Waals surface area contributed by atoms with Crippen LogP contribution >= 0.6 is 0 Å². The zero-order valence-electron chi connectivity index (χ0n) is 14.4. The second-order valence-corrected chi connectivity index (χ2v) is 6.06. The summed E-state index contributed by atoms with van der Waals surface area (Å²) in [4.78, 5) is 16.5. The summed E-state index contributed by atoms with van der Waals surface area (Å²) in [7, 11) is 0. The molecule has 128 valence electrons. The van der Waals surface area contributed by atoms with Gasteiger partial charge < -0.3 is 10.2 Å². The fraction of sp³-hybridized carbons (Fsp3) is 0.474. The van der Waals surface area contributed by atoms with Gasteiger partial charge in [0.15, 0.2) is 0 Å². The Bertz CT molecular complexity index is 583. The first-order chi connectivity index (χ1) is 11.7. The van der Waals surface area contributed by atoms with E-state index in [0.29, 0.717) is 6.54 Å². The third-order valence-electron chi connectivity index (χ3n) is 4.15. The molecule has 1 amide bonds. The normalized spacial score (nSPS) is 15.8. The number of carbonyl (C=O) groups is 1. The van der Waals surface area contributed by atoms with E-state index in [9.17, 15) is 10.1 Å². The molecule has 1 heterocycles. The quantitative estimate of drug-likeness (QED) is 0.474. The molecule has 0 saturated carbocycles. The monoisotopic (exact) mass is 326 g/mol. The molecular formula is C19H26N4O. The zero-order chi connectivity index (χ0) is 17.2. The van der Waals surface area contributed by atoms with E-state index in [0.717, 1.165) is 45.6 Å². The standard InChI is InChI=1S/C19H26N4O/c1-2-3-9-21-19(24)18(14-20)16-23-12-10-22(11-13-23)15-17-7-5-4-6-8-17/h4-8,16H,2-3,9-13,15H2,1H3,(H,21,24)/b18-16-. The highest BCUT2D eigenvalue weighted by Gasteiger charge is 2.17. The Morgan fingerprint density at radius 3 is 2.58 bits per heavy atom. The summed E-state index contributed by atoms with van der Waals surface area (Å²) in [6.45, 7) is 7.17. The van der Waals surface area contributed by atoms with Crippen LogP contribution in [0.1, 0.15) is 25.3 Å². The minimum atomic E-state index is -0.266. The number of hydrogen-bond acceptors (Lipinski definition) is 4. The van der Waals surface area contributed by atoms with Crippen molar-refractivity contribution in [2.75, 3.05) is 32.7 Å². The number of nitriles is 1. The number of unbranched alkanes of at least 4 members (excludes halogenated alkanes) is 1. The molecule has 0 atom stereocenters. The van der Waals surface area contributed by atoms with Crippen molar-refractivity contribution in [2.45, 2.75) is 26.3 Å². The molecule has 0 spiro atoms. The van der Waals surface area contributed by atoms with E-state index < -0.39 is 0 Å². The van der Waals surface area contributed by atoms with Gasteiger partial charge in [-0.1, -0.05) is 43.7 Å². The lowest BCUT2D eigenvalue weighted by Gasteiger charge is -2.34. The van der Waals surface area contributed by atoms with Gasteiger partial charge in [0.2, 0.25) is 0 Å². The van der Waals surface area contributed by atoms with Gasteiger partial charge in [0.25, 0.3) is 5.91 Å². The molecule has 0 bridgehead atoms. The predicted octanol–water partition coefficient (Wildman–Crippen LogP) is 2.13. The Morgan fingerprint density at radius 1 is 1.25 bits per heavy atom. The van der Waals surface area contributed by atoms with Crippen molar-refractivity contribution in [3.05, 3.63) is 47.7 Å². The first kappa shape index (κ1) is 18.0. The van der Waals surface area contributed by atoms with E-state index in [-0.39, 0.29) is 11.5 Å². The van der Waals surface area contributed by atoms with Crippen LogP contribution in [-0.2, 0) is 11.3 Å². The Labute approximate surface area is 144 Å². The largest absolute Gasteiger partial charge is 0.374 e. The first-order valence-corrected chi connectivity index (χ1v) is 8.63. The zero-order valence-corrected chi connectivity index (χ0v) is 14.4. The number of nitrogens with one attached hydrogen (secondary N) is 1. The molecule has 1 saturated heterocycles. The number of piperazine rings is 1. The van der Waals surface area contributed by atoms with Gasteiger partial charge in [-0.05, 0) is 12.0 Å². The second-order valence-electron chi connectivity index (χ2n) is 6.06. The van der Waals surface area contributed by atoms with Crippen LogP contribution in [0.2, 0.25) is 0 Å². The molecule has 0 unspecified atom stereocenters. The SMILES string of the molecule is CCCCNC(=O)/C(C#N)=C\N1CCN(Cc2ccccc2)CC1. The molecule has 5 nitrogen and oxygen atoms in total. The van der Waals surface area contributed by atoms with Gasteiger partial charge in [-0.15, -0.1) is 0 Å². The topological polar surface area (TPSA) is 59.4 Å². The third-order valence-corrected chi connectivity index (χ3v) is 4.15. The Hall–Kier alpha value is -2.32. The average Bonchev–Trinajstić information content (AvgIpc) is 2.62. The molecule has 0 radical (unpaired) electrons. The maximum absolute atomic E-state index is 12.0. The van der Waals surface area contributed by atoms with Crippen molar-refractivity contribution in [3.8, 4) is 6.07 Å². The molecule has 1 aliphatic heterocycles. The Balaban J connectivity index is 1.82. The summed E-state index contributed by atoms with van der Waals surface area (Å²) < 4.78 is 0. The molecule has 1 N–H and O–H groups in total. The van der Waals surface area contributed by atoms with Gasteiger partial charge in [-0.3, -0.25) is 9.69 Å². The Morgan fingerprint density at radius 2 is 1.96 bits per heavy atom. The number of amides is 1. The van der Waals surface area contributed by atoms with Crippen LogP contribution in [0.5, 0.6) is 0 Å². The van der Waals surface area contributed by atoms with E-state index in [4.69, 9.17) is 0 Å². The van der Waals surface area contributed by atoms with Crippen LogP contribution in [0.25, 0.3) is 0 Å². The lowest BCUT2D eigenvalue weighted by Crippen LogP contribution is -2.44. The van der Waals surface area contributed by atoms with Crippen LogP contribution in [0.15, 0.2) is 42.1 Å². The molecule has 5 heteroatoms. The molecule has 24 heavy (non-hydrogen) atoms. The molecule has 0 aliphatic carbocycles. The highest BCUT2D eigenvalue weighted by atomic mass is 16.1. The average molecular weight is 326 g/mol. The summed E-state index contributed by atoms with van der Waals surface area (Å²) in [6, 6.07) is 12.4. The van der Waals surface area contributed by atoms with Crippen molar-refractivity contribution in [2.24, 2.45) is 0 Å². The Kier molecular flexibility index (Phi) is 7.31. The van der Waals surface area contributed by atoms with Crippen LogP contribution in [0.3, 0.4) is 0 Å². The lowest BCUT2D eigenvalue weighted by atomic mass is 10.2. The molecule has 1 aromatic rings. The van der Waals surface area contributed by atoms with Gasteiger partial charge in [-0.2, -0.15) is 5.26 Å². The van der Waals surface area contributed by atoms with Gasteiger partial charge in [0.05, 0.1) is 0 Å². The minimum absolute atomic E-state index is 0.197. The van der Waals surface area contributed by atoms with E-state index in [1.807, 2.05) is 12.1 Å². The molecule has 0 aromatic heterocycles. The summed E-state index contributed by atoms with van der Waals surface area (Å²) in [5.41, 5.74) is 1.51. The molecule has 2 rings (SSSR count). The van der Waals surface area contributed by atoms with Crippen LogP contribution in [0, 0.1) is 11.3 Å². The summed E-state index contributed by atoms with van der Waals surface area (Å²) in [5, 5.41) is 12.0. The van der Waals surface area contributed by atoms with E-state index in [1.165, 1.54) is 5.56 Å². The highest BCUT2D eigenvalue weighted by molar-refractivity contribution is 5.97. The van der Waals surface area contributed by atoms with Gasteiger partial charge >= 0.3 is 0 Å². The van der Waals surface area contributed by atoms with E-state index >= 15 is 0 Å². The van der Waals surface area contributed by atoms with Crippen molar-refractivity contribution < 1.29 is 4.79 Å². The van der Waals surface area contributed by atoms with E-state index in [2.05, 4.69) is 46.3 Å². The minimum Gasteiger partial charge on any atom is -0.374 e. The molecule has 1 aliphatic rings. The van der Waals surface area contributed by atoms with Gasteiger partial charge in [0.1, 0.15) is 11.6 Å². The van der Waals surface area contributed by atoms with Gasteiger partial charge in [-0.25, -0.2) is 0 Å². The fourth-order valence-corrected chi connectivity index (χ4v) is 2.69. The summed E-state index contributed by atoms with van der Waals surface area (Å²) in [6.07, 6.45) is 3.67. The van der Waals surface area contributed by atoms with Crippen molar-refractivity contribution in [1.82, 2.24) is 15.1 Å². The smallest absolute Gasteiger partial charge is 0.263 e.